The van der Waals surface area contributed by atoms with Crippen LogP contribution in [-0.2, 0) is 6.54 Å². The first-order valence-electron chi connectivity index (χ1n) is 10.1. The third-order valence-corrected chi connectivity index (χ3v) is 6.37. The van der Waals surface area contributed by atoms with Gasteiger partial charge in [-0.3, -0.25) is 9.59 Å². The summed E-state index contributed by atoms with van der Waals surface area (Å²) in [7, 11) is 0. The van der Waals surface area contributed by atoms with Gasteiger partial charge in [0, 0.05) is 28.7 Å². The molecule has 2 amide bonds. The molecule has 0 atom stereocenters. The van der Waals surface area contributed by atoms with Crippen molar-refractivity contribution >= 4 is 39.9 Å². The van der Waals surface area contributed by atoms with E-state index in [1.165, 1.54) is 4.88 Å². The highest BCUT2D eigenvalue weighted by molar-refractivity contribution is 7.15. The number of hydrogen-bond donors (Lipinski definition) is 2. The topological polar surface area (TPSA) is 88.9 Å². The predicted molar refractivity (Wildman–Crippen MR) is 122 cm³/mol. The summed E-state index contributed by atoms with van der Waals surface area (Å²) in [4.78, 5) is 32.3. The van der Waals surface area contributed by atoms with Crippen LogP contribution in [0.4, 0.5) is 5.69 Å². The summed E-state index contributed by atoms with van der Waals surface area (Å²) in [6, 6.07) is 11.4. The van der Waals surface area contributed by atoms with Gasteiger partial charge < -0.3 is 10.6 Å². The Bertz CT molecular complexity index is 1350. The largest absolute Gasteiger partial charge is 0.348 e. The molecule has 0 saturated heterocycles. The highest BCUT2D eigenvalue weighted by atomic mass is 32.1. The predicted octanol–water partition coefficient (Wildman–Crippen LogP) is 4.54. The number of thiophene rings is 1. The Labute approximate surface area is 183 Å². The van der Waals surface area contributed by atoms with E-state index in [2.05, 4.69) is 15.7 Å². The van der Waals surface area contributed by atoms with E-state index in [0.29, 0.717) is 34.4 Å². The van der Waals surface area contributed by atoms with Crippen molar-refractivity contribution in [2.75, 3.05) is 5.32 Å². The van der Waals surface area contributed by atoms with Crippen molar-refractivity contribution in [3.8, 4) is 10.6 Å². The van der Waals surface area contributed by atoms with E-state index in [1.54, 1.807) is 23.6 Å². The number of aromatic nitrogens is 3. The number of carbonyl (C=O) groups excluding carboxylic acids is 2. The molecule has 156 valence electrons. The Morgan fingerprint density at radius 2 is 2.06 bits per heavy atom. The van der Waals surface area contributed by atoms with Gasteiger partial charge in [-0.2, -0.15) is 5.10 Å². The highest BCUT2D eigenvalue weighted by Gasteiger charge is 2.22. The number of pyridine rings is 1. The zero-order valence-corrected chi connectivity index (χ0v) is 18.2. The summed E-state index contributed by atoms with van der Waals surface area (Å²) in [6.45, 7) is 6.63. The van der Waals surface area contributed by atoms with Crippen LogP contribution < -0.4 is 10.6 Å². The second-order valence-corrected chi connectivity index (χ2v) is 9.18. The summed E-state index contributed by atoms with van der Waals surface area (Å²) >= 11 is 1.64. The van der Waals surface area contributed by atoms with E-state index >= 15 is 0 Å². The van der Waals surface area contributed by atoms with Gasteiger partial charge in [-0.1, -0.05) is 6.07 Å². The molecule has 0 radical (unpaired) electrons. The standard InChI is InChI=1S/C23H21N5O2S/c1-12(2)28-21-18(11-25-28)17(9-19(27-21)20-7-4-13(3)31-20)23(30)26-15-6-5-14-10-24-22(29)16(14)8-15/h4-9,11-12H,10H2,1-3H3,(H,24,29)(H,26,30). The Hall–Kier alpha value is -3.52. The number of amides is 2. The fraction of sp³-hybridized carbons (Fsp3) is 0.217. The lowest BCUT2D eigenvalue weighted by atomic mass is 10.1. The Kier molecular flexibility index (Phi) is 4.59. The molecule has 31 heavy (non-hydrogen) atoms. The fourth-order valence-corrected chi connectivity index (χ4v) is 4.60. The Morgan fingerprint density at radius 1 is 1.23 bits per heavy atom. The maximum Gasteiger partial charge on any atom is 0.256 e. The summed E-state index contributed by atoms with van der Waals surface area (Å²) < 4.78 is 1.83. The van der Waals surface area contributed by atoms with Crippen LogP contribution >= 0.6 is 11.3 Å². The normalized spacial score (nSPS) is 13.0. The number of nitrogens with one attached hydrogen (secondary N) is 2. The van der Waals surface area contributed by atoms with Crippen molar-refractivity contribution < 1.29 is 9.59 Å². The van der Waals surface area contributed by atoms with Crippen LogP contribution in [0.1, 0.15) is 51.0 Å². The smallest absolute Gasteiger partial charge is 0.256 e. The minimum atomic E-state index is -0.261. The molecular weight excluding hydrogens is 410 g/mol. The molecule has 0 saturated carbocycles. The zero-order chi connectivity index (χ0) is 21.7. The van der Waals surface area contributed by atoms with Gasteiger partial charge in [-0.15, -0.1) is 11.3 Å². The van der Waals surface area contributed by atoms with Crippen LogP contribution in [0.25, 0.3) is 21.6 Å². The monoisotopic (exact) mass is 431 g/mol. The molecule has 5 rings (SSSR count). The number of aryl methyl sites for hydroxylation is 1. The first-order chi connectivity index (χ1) is 14.9. The molecule has 3 aromatic heterocycles. The van der Waals surface area contributed by atoms with E-state index in [1.807, 2.05) is 55.8 Å². The van der Waals surface area contributed by atoms with Crippen LogP contribution in [0, 0.1) is 6.92 Å². The second kappa shape index (κ2) is 7.31. The van der Waals surface area contributed by atoms with Crippen LogP contribution in [0.5, 0.6) is 0 Å². The lowest BCUT2D eigenvalue weighted by Crippen LogP contribution is -2.14. The van der Waals surface area contributed by atoms with E-state index in [9.17, 15) is 9.59 Å². The Morgan fingerprint density at radius 3 is 2.81 bits per heavy atom. The average Bonchev–Trinajstić information content (AvgIpc) is 3.46. The molecule has 0 bridgehead atoms. The molecular formula is C23H21N5O2S. The maximum atomic E-state index is 13.3. The number of nitrogens with zero attached hydrogens (tertiary/aromatic N) is 3. The number of hydrogen-bond acceptors (Lipinski definition) is 5. The van der Waals surface area contributed by atoms with Crippen LogP contribution in [-0.4, -0.2) is 26.6 Å². The van der Waals surface area contributed by atoms with Gasteiger partial charge in [0.25, 0.3) is 11.8 Å². The highest BCUT2D eigenvalue weighted by Crippen LogP contribution is 2.31. The molecule has 1 aliphatic heterocycles. The third-order valence-electron chi connectivity index (χ3n) is 5.35. The molecule has 4 aromatic rings. The summed E-state index contributed by atoms with van der Waals surface area (Å²) in [6.07, 6.45) is 1.69. The molecule has 4 heterocycles. The molecule has 0 unspecified atom stereocenters. The number of carbonyl (C=O) groups is 2. The van der Waals surface area contributed by atoms with Crippen molar-refractivity contribution in [1.82, 2.24) is 20.1 Å². The molecule has 2 N–H and O–H groups in total. The minimum absolute atomic E-state index is 0.108. The Balaban J connectivity index is 1.59. The van der Waals surface area contributed by atoms with E-state index in [4.69, 9.17) is 4.98 Å². The molecule has 7 nitrogen and oxygen atoms in total. The second-order valence-electron chi connectivity index (χ2n) is 7.89. The molecule has 0 spiro atoms. The average molecular weight is 432 g/mol. The third kappa shape index (κ3) is 3.38. The quantitative estimate of drug-likeness (QED) is 0.496. The first-order valence-corrected chi connectivity index (χ1v) is 10.9. The van der Waals surface area contributed by atoms with Gasteiger partial charge in [0.1, 0.15) is 0 Å². The van der Waals surface area contributed by atoms with E-state index < -0.39 is 0 Å². The van der Waals surface area contributed by atoms with Gasteiger partial charge >= 0.3 is 0 Å². The van der Waals surface area contributed by atoms with E-state index in [0.717, 1.165) is 16.1 Å². The van der Waals surface area contributed by atoms with Gasteiger partial charge in [-0.05, 0) is 56.7 Å². The fourth-order valence-electron chi connectivity index (χ4n) is 3.77. The number of anilines is 1. The number of fused-ring (bicyclic) bond motifs is 2. The molecule has 1 aliphatic rings. The van der Waals surface area contributed by atoms with Crippen LogP contribution in [0.3, 0.4) is 0 Å². The van der Waals surface area contributed by atoms with Crippen molar-refractivity contribution in [2.45, 2.75) is 33.4 Å². The lowest BCUT2D eigenvalue weighted by Gasteiger charge is -2.11. The van der Waals surface area contributed by atoms with E-state index in [-0.39, 0.29) is 17.9 Å². The number of benzene rings is 1. The molecule has 0 fully saturated rings. The summed E-state index contributed by atoms with van der Waals surface area (Å²) in [5.74, 6) is -0.380. The van der Waals surface area contributed by atoms with Gasteiger partial charge in [0.05, 0.1) is 27.7 Å². The van der Waals surface area contributed by atoms with Gasteiger partial charge in [-0.25, -0.2) is 9.67 Å². The first kappa shape index (κ1) is 19.4. The van der Waals surface area contributed by atoms with Crippen molar-refractivity contribution in [3.63, 3.8) is 0 Å². The molecule has 0 aliphatic carbocycles. The minimum Gasteiger partial charge on any atom is -0.348 e. The molecule has 1 aromatic carbocycles. The SMILES string of the molecule is Cc1ccc(-c2cc(C(=O)Nc3ccc4c(c3)C(=O)NC4)c3cnn(C(C)C)c3n2)s1. The van der Waals surface area contributed by atoms with Gasteiger partial charge in [0.15, 0.2) is 5.65 Å². The van der Waals surface area contributed by atoms with Crippen molar-refractivity contribution in [1.29, 1.82) is 0 Å². The zero-order valence-electron chi connectivity index (χ0n) is 17.4. The summed E-state index contributed by atoms with van der Waals surface area (Å²) in [5, 5.41) is 10.9. The van der Waals surface area contributed by atoms with Gasteiger partial charge in [0.2, 0.25) is 0 Å². The van der Waals surface area contributed by atoms with Crippen LogP contribution in [0.2, 0.25) is 0 Å². The van der Waals surface area contributed by atoms with Crippen molar-refractivity contribution in [2.24, 2.45) is 0 Å². The lowest BCUT2D eigenvalue weighted by molar-refractivity contribution is 0.0964. The summed E-state index contributed by atoms with van der Waals surface area (Å²) in [5.41, 5.74) is 4.03. The molecule has 8 heteroatoms. The maximum absolute atomic E-state index is 13.3. The number of rotatable bonds is 4. The van der Waals surface area contributed by atoms with Crippen LogP contribution in [0.15, 0.2) is 42.6 Å². The van der Waals surface area contributed by atoms with Crippen molar-refractivity contribution in [3.05, 3.63) is 64.2 Å².